The lowest BCUT2D eigenvalue weighted by atomic mass is 9.79. The standard InChI is InChI=1S/C11H19FO2/c1-3-14-10(13)11(2,12)9-7-5-4-6-8-9/h9H,3-8H2,1-2H3/t11-/m0/s1. The van der Waals surface area contributed by atoms with Gasteiger partial charge in [0.1, 0.15) is 0 Å². The largest absolute Gasteiger partial charge is 0.464 e. The molecule has 0 radical (unpaired) electrons. The highest BCUT2D eigenvalue weighted by molar-refractivity contribution is 5.79. The Morgan fingerprint density at radius 3 is 2.50 bits per heavy atom. The van der Waals surface area contributed by atoms with E-state index in [4.69, 9.17) is 4.74 Å². The number of carbonyl (C=O) groups is 1. The number of hydrogen-bond acceptors (Lipinski definition) is 2. The van der Waals surface area contributed by atoms with Gasteiger partial charge in [0.2, 0.25) is 5.67 Å². The summed E-state index contributed by atoms with van der Waals surface area (Å²) in [5, 5.41) is 0. The van der Waals surface area contributed by atoms with E-state index >= 15 is 0 Å². The van der Waals surface area contributed by atoms with Crippen molar-refractivity contribution in [2.45, 2.75) is 51.6 Å². The Bertz CT molecular complexity index is 195. The second-order valence-electron chi connectivity index (χ2n) is 4.13. The van der Waals surface area contributed by atoms with Crippen molar-refractivity contribution in [1.29, 1.82) is 0 Å². The minimum Gasteiger partial charge on any atom is -0.464 e. The molecule has 0 aromatic heterocycles. The fraction of sp³-hybridized carbons (Fsp3) is 0.909. The average molecular weight is 202 g/mol. The molecule has 0 unspecified atom stereocenters. The molecule has 14 heavy (non-hydrogen) atoms. The highest BCUT2D eigenvalue weighted by Gasteiger charge is 2.43. The minimum absolute atomic E-state index is 0.143. The molecule has 1 fully saturated rings. The van der Waals surface area contributed by atoms with Crippen LogP contribution in [0.3, 0.4) is 0 Å². The normalized spacial score (nSPS) is 22.8. The molecule has 0 aromatic carbocycles. The number of ether oxygens (including phenoxy) is 1. The van der Waals surface area contributed by atoms with Crippen LogP contribution in [0, 0.1) is 5.92 Å². The second kappa shape index (κ2) is 4.76. The fourth-order valence-corrected chi connectivity index (χ4v) is 2.08. The van der Waals surface area contributed by atoms with Crippen molar-refractivity contribution >= 4 is 5.97 Å². The summed E-state index contributed by atoms with van der Waals surface area (Å²) in [4.78, 5) is 11.4. The SMILES string of the molecule is CCOC(=O)[C@@](C)(F)C1CCCCC1. The number of rotatable bonds is 3. The van der Waals surface area contributed by atoms with Crippen LogP contribution in [0.2, 0.25) is 0 Å². The lowest BCUT2D eigenvalue weighted by molar-refractivity contribution is -0.161. The molecule has 1 saturated carbocycles. The van der Waals surface area contributed by atoms with Crippen molar-refractivity contribution in [1.82, 2.24) is 0 Å². The molecule has 82 valence electrons. The summed E-state index contributed by atoms with van der Waals surface area (Å²) in [5.41, 5.74) is -1.78. The molecule has 0 heterocycles. The van der Waals surface area contributed by atoms with Crippen molar-refractivity contribution in [3.05, 3.63) is 0 Å². The van der Waals surface area contributed by atoms with E-state index in [1.165, 1.54) is 6.92 Å². The fourth-order valence-electron chi connectivity index (χ4n) is 2.08. The quantitative estimate of drug-likeness (QED) is 0.658. The molecule has 1 atom stereocenters. The second-order valence-corrected chi connectivity index (χ2v) is 4.13. The van der Waals surface area contributed by atoms with Gasteiger partial charge in [-0.25, -0.2) is 9.18 Å². The van der Waals surface area contributed by atoms with E-state index in [0.717, 1.165) is 32.1 Å². The summed E-state index contributed by atoms with van der Waals surface area (Å²) in [5.74, 6) is -0.831. The summed E-state index contributed by atoms with van der Waals surface area (Å²) in [7, 11) is 0. The molecular formula is C11H19FO2. The first-order valence-corrected chi connectivity index (χ1v) is 5.45. The van der Waals surface area contributed by atoms with E-state index in [0.29, 0.717) is 0 Å². The highest BCUT2D eigenvalue weighted by atomic mass is 19.1. The molecule has 0 aliphatic heterocycles. The average Bonchev–Trinajstić information content (AvgIpc) is 2.19. The molecule has 1 aliphatic rings. The van der Waals surface area contributed by atoms with Crippen LogP contribution in [0.4, 0.5) is 4.39 Å². The van der Waals surface area contributed by atoms with Gasteiger partial charge in [-0.1, -0.05) is 19.3 Å². The molecule has 0 aromatic rings. The van der Waals surface area contributed by atoms with Gasteiger partial charge < -0.3 is 4.74 Å². The summed E-state index contributed by atoms with van der Waals surface area (Å²) in [6.45, 7) is 3.32. The summed E-state index contributed by atoms with van der Waals surface area (Å²) < 4.78 is 18.8. The number of halogens is 1. The molecule has 0 amide bonds. The monoisotopic (exact) mass is 202 g/mol. The van der Waals surface area contributed by atoms with Gasteiger partial charge in [0.15, 0.2) is 0 Å². The van der Waals surface area contributed by atoms with Gasteiger partial charge in [-0.05, 0) is 26.7 Å². The van der Waals surface area contributed by atoms with Gasteiger partial charge in [-0.3, -0.25) is 0 Å². The van der Waals surface area contributed by atoms with Gasteiger partial charge in [0.05, 0.1) is 6.61 Å². The maximum absolute atomic E-state index is 14.1. The highest BCUT2D eigenvalue weighted by Crippen LogP contribution is 2.35. The zero-order valence-electron chi connectivity index (χ0n) is 9.01. The molecule has 0 spiro atoms. The molecule has 0 bridgehead atoms. The topological polar surface area (TPSA) is 26.3 Å². The lowest BCUT2D eigenvalue weighted by Crippen LogP contribution is -2.41. The van der Waals surface area contributed by atoms with Crippen LogP contribution in [0.5, 0.6) is 0 Å². The molecule has 3 heteroatoms. The zero-order valence-corrected chi connectivity index (χ0v) is 9.01. The van der Waals surface area contributed by atoms with Gasteiger partial charge in [-0.2, -0.15) is 0 Å². The van der Waals surface area contributed by atoms with Gasteiger partial charge >= 0.3 is 5.97 Å². The van der Waals surface area contributed by atoms with Crippen molar-refractivity contribution in [2.24, 2.45) is 5.92 Å². The van der Waals surface area contributed by atoms with Gasteiger partial charge in [0.25, 0.3) is 0 Å². The molecule has 1 aliphatic carbocycles. The van der Waals surface area contributed by atoms with E-state index in [-0.39, 0.29) is 12.5 Å². The van der Waals surface area contributed by atoms with Crippen LogP contribution in [0.15, 0.2) is 0 Å². The van der Waals surface area contributed by atoms with E-state index in [1.54, 1.807) is 6.92 Å². The van der Waals surface area contributed by atoms with Crippen molar-refractivity contribution < 1.29 is 13.9 Å². The summed E-state index contributed by atoms with van der Waals surface area (Å²) in [6, 6.07) is 0. The Balaban J connectivity index is 2.57. The summed E-state index contributed by atoms with van der Waals surface area (Å²) in [6.07, 6.45) is 4.85. The Kier molecular flexibility index (Phi) is 3.90. The Morgan fingerprint density at radius 2 is 2.00 bits per heavy atom. The van der Waals surface area contributed by atoms with E-state index in [9.17, 15) is 9.18 Å². The number of alkyl halides is 1. The maximum Gasteiger partial charge on any atom is 0.343 e. The Morgan fingerprint density at radius 1 is 1.43 bits per heavy atom. The predicted octanol–water partition coefficient (Wildman–Crippen LogP) is 2.86. The van der Waals surface area contributed by atoms with E-state index in [1.807, 2.05) is 0 Å². The zero-order chi connectivity index (χ0) is 10.6. The third kappa shape index (κ3) is 2.46. The van der Waals surface area contributed by atoms with Crippen LogP contribution < -0.4 is 0 Å². The van der Waals surface area contributed by atoms with E-state index < -0.39 is 11.6 Å². The number of carbonyl (C=O) groups excluding carboxylic acids is 1. The minimum atomic E-state index is -1.78. The van der Waals surface area contributed by atoms with Crippen LogP contribution >= 0.6 is 0 Å². The third-order valence-electron chi connectivity index (χ3n) is 3.05. The predicted molar refractivity (Wildman–Crippen MR) is 52.7 cm³/mol. The van der Waals surface area contributed by atoms with Crippen molar-refractivity contribution in [2.75, 3.05) is 6.61 Å². The first-order valence-electron chi connectivity index (χ1n) is 5.45. The van der Waals surface area contributed by atoms with Crippen LogP contribution in [-0.2, 0) is 9.53 Å². The first kappa shape index (κ1) is 11.5. The lowest BCUT2D eigenvalue weighted by Gasteiger charge is -2.31. The summed E-state index contributed by atoms with van der Waals surface area (Å²) >= 11 is 0. The van der Waals surface area contributed by atoms with Crippen LogP contribution in [-0.4, -0.2) is 18.2 Å². The molecule has 0 saturated heterocycles. The Hall–Kier alpha value is -0.600. The molecular weight excluding hydrogens is 183 g/mol. The smallest absolute Gasteiger partial charge is 0.343 e. The van der Waals surface area contributed by atoms with Gasteiger partial charge in [-0.15, -0.1) is 0 Å². The van der Waals surface area contributed by atoms with Crippen LogP contribution in [0.25, 0.3) is 0 Å². The molecule has 0 N–H and O–H groups in total. The molecule has 2 nitrogen and oxygen atoms in total. The maximum atomic E-state index is 14.1. The van der Waals surface area contributed by atoms with Crippen molar-refractivity contribution in [3.8, 4) is 0 Å². The van der Waals surface area contributed by atoms with Crippen LogP contribution in [0.1, 0.15) is 46.0 Å². The van der Waals surface area contributed by atoms with Gasteiger partial charge in [0, 0.05) is 5.92 Å². The first-order chi connectivity index (χ1) is 6.59. The van der Waals surface area contributed by atoms with Crippen molar-refractivity contribution in [3.63, 3.8) is 0 Å². The number of hydrogen-bond donors (Lipinski definition) is 0. The van der Waals surface area contributed by atoms with E-state index in [2.05, 4.69) is 0 Å². The third-order valence-corrected chi connectivity index (χ3v) is 3.05. The number of esters is 1. The Labute approximate surface area is 84.8 Å². The molecule has 1 rings (SSSR count).